The van der Waals surface area contributed by atoms with Gasteiger partial charge >= 0.3 is 0 Å². The van der Waals surface area contributed by atoms with Gasteiger partial charge in [-0.25, -0.2) is 0 Å². The molecule has 1 nitrogen and oxygen atoms in total. The molecule has 0 aliphatic rings. The first-order valence-electron chi connectivity index (χ1n) is 4.13. The second-order valence-electron chi connectivity index (χ2n) is 2.91. The average Bonchev–Trinajstić information content (AvgIpc) is 2.07. The van der Waals surface area contributed by atoms with E-state index in [0.717, 1.165) is 12.0 Å². The van der Waals surface area contributed by atoms with Crippen molar-refractivity contribution in [1.29, 1.82) is 0 Å². The van der Waals surface area contributed by atoms with Crippen molar-refractivity contribution in [2.75, 3.05) is 0 Å². The van der Waals surface area contributed by atoms with Crippen LogP contribution in [0.25, 0.3) is 0 Å². The van der Waals surface area contributed by atoms with Crippen molar-refractivity contribution >= 4 is 0 Å². The Morgan fingerprint density at radius 1 is 1.42 bits per heavy atom. The summed E-state index contributed by atoms with van der Waals surface area (Å²) in [5.41, 5.74) is 2.18. The van der Waals surface area contributed by atoms with Crippen LogP contribution in [0.2, 0.25) is 0 Å². The van der Waals surface area contributed by atoms with Crippen LogP contribution in [0.4, 0.5) is 0 Å². The molecule has 0 spiro atoms. The Hall–Kier alpha value is -1.24. The summed E-state index contributed by atoms with van der Waals surface area (Å²) in [7, 11) is 0. The van der Waals surface area contributed by atoms with E-state index in [2.05, 4.69) is 0 Å². The Morgan fingerprint density at radius 2 is 2.17 bits per heavy atom. The van der Waals surface area contributed by atoms with Gasteiger partial charge in [0, 0.05) is 0 Å². The normalized spacial score (nSPS) is 10.8. The maximum Gasteiger partial charge on any atom is 0.119 e. The monoisotopic (exact) mass is 162 g/mol. The van der Waals surface area contributed by atoms with Gasteiger partial charge in [-0.2, -0.15) is 0 Å². The number of phenols is 1. The summed E-state index contributed by atoms with van der Waals surface area (Å²) in [6.45, 7) is 4.01. The first kappa shape index (κ1) is 8.85. The van der Waals surface area contributed by atoms with Crippen molar-refractivity contribution in [1.82, 2.24) is 0 Å². The van der Waals surface area contributed by atoms with Crippen molar-refractivity contribution in [3.05, 3.63) is 41.5 Å². The van der Waals surface area contributed by atoms with Crippen molar-refractivity contribution in [3.63, 3.8) is 0 Å². The average molecular weight is 162 g/mol. The lowest BCUT2D eigenvalue weighted by atomic mass is 10.1. The summed E-state index contributed by atoms with van der Waals surface area (Å²) in [6.07, 6.45) is 4.83. The summed E-state index contributed by atoms with van der Waals surface area (Å²) < 4.78 is 0. The van der Waals surface area contributed by atoms with E-state index >= 15 is 0 Å². The molecule has 1 aromatic carbocycles. The van der Waals surface area contributed by atoms with Crippen LogP contribution in [0.1, 0.15) is 18.1 Å². The fraction of sp³-hybridized carbons (Fsp3) is 0.273. The van der Waals surface area contributed by atoms with Crippen LogP contribution in [0.15, 0.2) is 30.4 Å². The van der Waals surface area contributed by atoms with Gasteiger partial charge < -0.3 is 5.11 Å². The molecule has 1 rings (SSSR count). The van der Waals surface area contributed by atoms with Crippen LogP contribution in [0.5, 0.6) is 5.75 Å². The Balaban J connectivity index is 2.89. The standard InChI is InChI=1S/C11H14O/c1-3-4-5-10-8-9(2)6-7-11(10)12/h3-4,6-8,12H,5H2,1-2H3/b4-3+. The van der Waals surface area contributed by atoms with E-state index in [9.17, 15) is 5.11 Å². The highest BCUT2D eigenvalue weighted by molar-refractivity contribution is 5.36. The van der Waals surface area contributed by atoms with Crippen LogP contribution < -0.4 is 0 Å². The van der Waals surface area contributed by atoms with E-state index in [1.807, 2.05) is 38.1 Å². The molecular formula is C11H14O. The molecule has 0 aromatic heterocycles. The van der Waals surface area contributed by atoms with Crippen molar-refractivity contribution in [2.45, 2.75) is 20.3 Å². The fourth-order valence-electron chi connectivity index (χ4n) is 1.12. The number of phenolic OH excluding ortho intramolecular Hbond substituents is 1. The Morgan fingerprint density at radius 3 is 2.83 bits per heavy atom. The van der Waals surface area contributed by atoms with E-state index in [1.165, 1.54) is 5.56 Å². The molecule has 0 saturated heterocycles. The molecule has 0 amide bonds. The number of benzene rings is 1. The lowest BCUT2D eigenvalue weighted by Gasteiger charge is -2.01. The molecule has 1 heteroatoms. The molecule has 12 heavy (non-hydrogen) atoms. The second-order valence-corrected chi connectivity index (χ2v) is 2.91. The number of hydrogen-bond donors (Lipinski definition) is 1. The molecule has 0 aliphatic carbocycles. The maximum absolute atomic E-state index is 9.43. The molecule has 0 aliphatic heterocycles. The molecule has 0 heterocycles. The van der Waals surface area contributed by atoms with Gasteiger partial charge in [0.05, 0.1) is 0 Å². The minimum atomic E-state index is 0.388. The minimum absolute atomic E-state index is 0.388. The fourth-order valence-corrected chi connectivity index (χ4v) is 1.12. The molecule has 0 radical (unpaired) electrons. The quantitative estimate of drug-likeness (QED) is 0.663. The van der Waals surface area contributed by atoms with Gasteiger partial charge in [0.1, 0.15) is 5.75 Å². The third-order valence-corrected chi connectivity index (χ3v) is 1.81. The van der Waals surface area contributed by atoms with Gasteiger partial charge in [0.2, 0.25) is 0 Å². The zero-order valence-corrected chi connectivity index (χ0v) is 7.54. The molecule has 1 N–H and O–H groups in total. The third kappa shape index (κ3) is 2.12. The number of hydrogen-bond acceptors (Lipinski definition) is 1. The summed E-state index contributed by atoms with van der Waals surface area (Å²) in [4.78, 5) is 0. The first-order chi connectivity index (χ1) is 5.74. The molecular weight excluding hydrogens is 148 g/mol. The van der Waals surface area contributed by atoms with E-state index in [4.69, 9.17) is 0 Å². The van der Waals surface area contributed by atoms with Crippen LogP contribution in [0.3, 0.4) is 0 Å². The molecule has 0 atom stereocenters. The maximum atomic E-state index is 9.43. The van der Waals surface area contributed by atoms with E-state index in [1.54, 1.807) is 6.07 Å². The highest BCUT2D eigenvalue weighted by Crippen LogP contribution is 2.18. The number of aromatic hydroxyl groups is 1. The molecule has 0 bridgehead atoms. The molecule has 1 aromatic rings. The second kappa shape index (κ2) is 3.96. The number of aryl methyl sites for hydroxylation is 1. The lowest BCUT2D eigenvalue weighted by molar-refractivity contribution is 0.469. The van der Waals surface area contributed by atoms with Gasteiger partial charge in [0.15, 0.2) is 0 Å². The van der Waals surface area contributed by atoms with E-state index < -0.39 is 0 Å². The van der Waals surface area contributed by atoms with Gasteiger partial charge in [0.25, 0.3) is 0 Å². The lowest BCUT2D eigenvalue weighted by Crippen LogP contribution is -1.83. The highest BCUT2D eigenvalue weighted by Gasteiger charge is 1.97. The van der Waals surface area contributed by atoms with E-state index in [-0.39, 0.29) is 0 Å². The Kier molecular flexibility index (Phi) is 2.92. The number of allylic oxidation sites excluding steroid dienone is 2. The summed E-state index contributed by atoms with van der Waals surface area (Å²) >= 11 is 0. The van der Waals surface area contributed by atoms with Crippen molar-refractivity contribution in [3.8, 4) is 5.75 Å². The topological polar surface area (TPSA) is 20.2 Å². The smallest absolute Gasteiger partial charge is 0.119 e. The Labute approximate surface area is 73.4 Å². The van der Waals surface area contributed by atoms with Gasteiger partial charge in [-0.3, -0.25) is 0 Å². The van der Waals surface area contributed by atoms with Crippen LogP contribution >= 0.6 is 0 Å². The van der Waals surface area contributed by atoms with Gasteiger partial charge in [-0.1, -0.05) is 29.8 Å². The molecule has 0 saturated carbocycles. The SMILES string of the molecule is C/C=C/Cc1cc(C)ccc1O. The van der Waals surface area contributed by atoms with Gasteiger partial charge in [-0.15, -0.1) is 0 Å². The zero-order chi connectivity index (χ0) is 8.97. The predicted octanol–water partition coefficient (Wildman–Crippen LogP) is 2.82. The molecule has 64 valence electrons. The third-order valence-electron chi connectivity index (χ3n) is 1.81. The summed E-state index contributed by atoms with van der Waals surface area (Å²) in [6, 6.07) is 5.66. The molecule has 0 unspecified atom stereocenters. The summed E-state index contributed by atoms with van der Waals surface area (Å²) in [5, 5.41) is 9.43. The van der Waals surface area contributed by atoms with Crippen LogP contribution in [-0.2, 0) is 6.42 Å². The van der Waals surface area contributed by atoms with Crippen molar-refractivity contribution in [2.24, 2.45) is 0 Å². The van der Waals surface area contributed by atoms with Gasteiger partial charge in [-0.05, 0) is 31.9 Å². The summed E-state index contributed by atoms with van der Waals surface area (Å²) in [5.74, 6) is 0.388. The van der Waals surface area contributed by atoms with Crippen molar-refractivity contribution < 1.29 is 5.11 Å². The minimum Gasteiger partial charge on any atom is -0.508 e. The van der Waals surface area contributed by atoms with Crippen LogP contribution in [0, 0.1) is 6.92 Å². The zero-order valence-electron chi connectivity index (χ0n) is 7.54. The Bertz CT molecular complexity index is 287. The van der Waals surface area contributed by atoms with Crippen LogP contribution in [-0.4, -0.2) is 5.11 Å². The first-order valence-corrected chi connectivity index (χ1v) is 4.13. The predicted molar refractivity (Wildman–Crippen MR) is 51.4 cm³/mol. The van der Waals surface area contributed by atoms with E-state index in [0.29, 0.717) is 5.75 Å². The number of rotatable bonds is 2. The molecule has 0 fully saturated rings. The highest BCUT2D eigenvalue weighted by atomic mass is 16.3. The largest absolute Gasteiger partial charge is 0.508 e.